The highest BCUT2D eigenvalue weighted by molar-refractivity contribution is 6.12. The van der Waals surface area contributed by atoms with Crippen LogP contribution in [0, 0.1) is 11.3 Å². The Hall–Kier alpha value is -3.17. The highest BCUT2D eigenvalue weighted by Gasteiger charge is 2.30. The standard InChI is InChI=1S/C13H13N7O3/c1-18-7(9(21)17-12(18)14)2-6-3-19-5-15-10(22)8-11(19)20(4-6)13(23)16-8/h2,5-6H,3-4H2,1H3,(H,16,23)(H2,14,17,21)/b7-2-/t6-/m0/s1. The number of allylic oxidation sites excluding steroid dienone is 1. The van der Waals surface area contributed by atoms with E-state index in [1.807, 2.05) is 0 Å². The van der Waals surface area contributed by atoms with Crippen molar-refractivity contribution in [2.24, 2.45) is 5.92 Å². The van der Waals surface area contributed by atoms with Gasteiger partial charge in [0.25, 0.3) is 11.5 Å². The highest BCUT2D eigenvalue weighted by Crippen LogP contribution is 2.21. The molecule has 0 unspecified atom stereocenters. The third kappa shape index (κ3) is 1.84. The summed E-state index contributed by atoms with van der Waals surface area (Å²) in [6, 6.07) is 0. The molecule has 118 valence electrons. The number of rotatable bonds is 1. The first-order valence-electron chi connectivity index (χ1n) is 6.99. The second kappa shape index (κ2) is 4.41. The van der Waals surface area contributed by atoms with E-state index < -0.39 is 5.56 Å². The molecule has 23 heavy (non-hydrogen) atoms. The average Bonchev–Trinajstić information content (AvgIpc) is 2.97. The Morgan fingerprint density at radius 3 is 2.83 bits per heavy atom. The van der Waals surface area contributed by atoms with Crippen molar-refractivity contribution in [1.29, 1.82) is 5.41 Å². The first-order valence-corrected chi connectivity index (χ1v) is 6.99. The van der Waals surface area contributed by atoms with Gasteiger partial charge in [0.1, 0.15) is 17.7 Å². The van der Waals surface area contributed by atoms with Crippen LogP contribution in [0.1, 0.15) is 0 Å². The molecule has 2 aliphatic rings. The summed E-state index contributed by atoms with van der Waals surface area (Å²) in [5.74, 6) is -0.463. The number of imidazole rings is 1. The predicted octanol–water partition coefficient (Wildman–Crippen LogP) is -1.60. The maximum atomic E-state index is 12.1. The zero-order chi connectivity index (χ0) is 16.3. The number of aromatic nitrogens is 4. The first kappa shape index (κ1) is 13.5. The summed E-state index contributed by atoms with van der Waals surface area (Å²) >= 11 is 0. The van der Waals surface area contributed by atoms with Gasteiger partial charge in [0.2, 0.25) is 5.96 Å². The minimum atomic E-state index is -0.466. The summed E-state index contributed by atoms with van der Waals surface area (Å²) in [6.07, 6.45) is 3.14. The van der Waals surface area contributed by atoms with Gasteiger partial charge in [-0.25, -0.2) is 4.79 Å². The van der Waals surface area contributed by atoms with Gasteiger partial charge in [0, 0.05) is 26.1 Å². The summed E-state index contributed by atoms with van der Waals surface area (Å²) < 4.78 is 3.19. The van der Waals surface area contributed by atoms with Gasteiger partial charge < -0.3 is 9.47 Å². The number of nitrogens with zero attached hydrogens (tertiary/aromatic N) is 4. The third-order valence-electron chi connectivity index (χ3n) is 4.16. The number of nitrogens with one attached hydrogen (secondary N) is 3. The van der Waals surface area contributed by atoms with E-state index in [2.05, 4.69) is 15.3 Å². The molecule has 2 aliphatic heterocycles. The van der Waals surface area contributed by atoms with Crippen LogP contribution in [-0.2, 0) is 17.9 Å². The van der Waals surface area contributed by atoms with E-state index >= 15 is 0 Å². The van der Waals surface area contributed by atoms with E-state index in [-0.39, 0.29) is 29.0 Å². The van der Waals surface area contributed by atoms with Crippen molar-refractivity contribution < 1.29 is 4.79 Å². The lowest BCUT2D eigenvalue weighted by atomic mass is 10.1. The Bertz CT molecular complexity index is 1010. The van der Waals surface area contributed by atoms with E-state index in [0.717, 1.165) is 0 Å². The Kier molecular flexibility index (Phi) is 2.59. The molecule has 10 nitrogen and oxygen atoms in total. The number of hydrogen-bond donors (Lipinski definition) is 3. The van der Waals surface area contributed by atoms with Crippen LogP contribution in [0.3, 0.4) is 0 Å². The summed E-state index contributed by atoms with van der Waals surface area (Å²) in [4.78, 5) is 43.4. The van der Waals surface area contributed by atoms with Crippen molar-refractivity contribution in [1.82, 2.24) is 29.3 Å². The molecule has 1 saturated heterocycles. The fraction of sp³-hybridized carbons (Fsp3) is 0.308. The number of carbonyl (C=O) groups is 1. The van der Waals surface area contributed by atoms with Crippen LogP contribution in [0.4, 0.5) is 0 Å². The maximum Gasteiger partial charge on any atom is 0.327 e. The minimum Gasteiger partial charge on any atom is -0.316 e. The van der Waals surface area contributed by atoms with Crippen molar-refractivity contribution in [3.05, 3.63) is 38.9 Å². The highest BCUT2D eigenvalue weighted by atomic mass is 16.2. The SMILES string of the molecule is CN1C(=N)NC(=O)/C1=C/[C@H]1Cn2cnc(=O)c3[nH]c(=O)n(c32)C1. The molecule has 0 saturated carbocycles. The quantitative estimate of drug-likeness (QED) is 0.546. The predicted molar refractivity (Wildman–Crippen MR) is 79.8 cm³/mol. The first-order chi connectivity index (χ1) is 11.0. The lowest BCUT2D eigenvalue weighted by Gasteiger charge is -2.23. The molecule has 4 rings (SSSR count). The van der Waals surface area contributed by atoms with E-state index in [9.17, 15) is 14.4 Å². The number of H-pyrrole nitrogens is 1. The Labute approximate surface area is 128 Å². The number of guanidine groups is 1. The van der Waals surface area contributed by atoms with Gasteiger partial charge in [0.15, 0.2) is 5.52 Å². The number of carbonyl (C=O) groups excluding carboxylic acids is 1. The van der Waals surface area contributed by atoms with Gasteiger partial charge in [-0.3, -0.25) is 29.9 Å². The van der Waals surface area contributed by atoms with Crippen molar-refractivity contribution in [3.63, 3.8) is 0 Å². The molecule has 0 aliphatic carbocycles. The maximum absolute atomic E-state index is 12.1. The van der Waals surface area contributed by atoms with Crippen LogP contribution in [0.2, 0.25) is 0 Å². The number of likely N-dealkylation sites (N-methyl/N-ethyl adjacent to an activating group) is 1. The Morgan fingerprint density at radius 2 is 2.13 bits per heavy atom. The molecular formula is C13H13N7O3. The molecule has 1 amide bonds. The topological polar surface area (TPSA) is 129 Å². The van der Waals surface area contributed by atoms with Crippen LogP contribution in [0.15, 0.2) is 27.7 Å². The van der Waals surface area contributed by atoms with Crippen LogP contribution < -0.4 is 16.6 Å². The molecule has 0 radical (unpaired) electrons. The van der Waals surface area contributed by atoms with Crippen molar-refractivity contribution in [2.45, 2.75) is 13.1 Å². The molecule has 2 aromatic heterocycles. The summed E-state index contributed by atoms with van der Waals surface area (Å²) in [5, 5.41) is 10.0. The summed E-state index contributed by atoms with van der Waals surface area (Å²) in [5.41, 5.74) is 0.242. The minimum absolute atomic E-state index is 0.0176. The molecular weight excluding hydrogens is 302 g/mol. The monoisotopic (exact) mass is 315 g/mol. The van der Waals surface area contributed by atoms with Crippen LogP contribution in [-0.4, -0.2) is 42.9 Å². The zero-order valence-electron chi connectivity index (χ0n) is 12.2. The van der Waals surface area contributed by atoms with Crippen LogP contribution >= 0.6 is 0 Å². The smallest absolute Gasteiger partial charge is 0.316 e. The van der Waals surface area contributed by atoms with E-state index in [1.54, 1.807) is 17.7 Å². The Balaban J connectivity index is 1.79. The van der Waals surface area contributed by atoms with Crippen molar-refractivity contribution >= 4 is 23.0 Å². The second-order valence-electron chi connectivity index (χ2n) is 5.62. The van der Waals surface area contributed by atoms with Gasteiger partial charge in [-0.2, -0.15) is 4.98 Å². The average molecular weight is 315 g/mol. The molecule has 0 spiro atoms. The fourth-order valence-corrected chi connectivity index (χ4v) is 3.04. The molecule has 1 atom stereocenters. The van der Waals surface area contributed by atoms with Gasteiger partial charge >= 0.3 is 5.69 Å². The molecule has 1 fully saturated rings. The van der Waals surface area contributed by atoms with E-state index in [1.165, 1.54) is 15.8 Å². The normalized spacial score (nSPS) is 22.2. The second-order valence-corrected chi connectivity index (χ2v) is 5.62. The third-order valence-corrected chi connectivity index (χ3v) is 4.16. The van der Waals surface area contributed by atoms with Crippen LogP contribution in [0.5, 0.6) is 0 Å². The van der Waals surface area contributed by atoms with E-state index in [4.69, 9.17) is 5.41 Å². The molecule has 2 aromatic rings. The molecule has 4 heterocycles. The molecule has 0 bridgehead atoms. The van der Waals surface area contributed by atoms with Crippen molar-refractivity contribution in [2.75, 3.05) is 7.05 Å². The molecule has 3 N–H and O–H groups in total. The fourth-order valence-electron chi connectivity index (χ4n) is 3.04. The lowest BCUT2D eigenvalue weighted by Crippen LogP contribution is -2.31. The number of hydrogen-bond acceptors (Lipinski definition) is 5. The summed E-state index contributed by atoms with van der Waals surface area (Å²) in [7, 11) is 1.63. The zero-order valence-corrected chi connectivity index (χ0v) is 12.2. The summed E-state index contributed by atoms with van der Waals surface area (Å²) in [6.45, 7) is 0.833. The molecule has 10 heteroatoms. The number of amides is 1. The Morgan fingerprint density at radius 1 is 1.35 bits per heavy atom. The van der Waals surface area contributed by atoms with Gasteiger partial charge in [-0.05, 0) is 6.08 Å². The van der Waals surface area contributed by atoms with Gasteiger partial charge in [-0.1, -0.05) is 0 Å². The van der Waals surface area contributed by atoms with E-state index in [0.29, 0.717) is 24.4 Å². The van der Waals surface area contributed by atoms with Crippen molar-refractivity contribution in [3.8, 4) is 0 Å². The largest absolute Gasteiger partial charge is 0.327 e. The molecule has 0 aromatic carbocycles. The van der Waals surface area contributed by atoms with Gasteiger partial charge in [-0.15, -0.1) is 0 Å². The lowest BCUT2D eigenvalue weighted by molar-refractivity contribution is -0.116. The van der Waals surface area contributed by atoms with Crippen LogP contribution in [0.25, 0.3) is 11.2 Å². The number of aromatic amines is 1. The van der Waals surface area contributed by atoms with Gasteiger partial charge in [0.05, 0.1) is 0 Å².